The van der Waals surface area contributed by atoms with Crippen LogP contribution in [0.15, 0.2) is 28.7 Å². The van der Waals surface area contributed by atoms with E-state index in [0.717, 1.165) is 10.0 Å². The molecule has 0 heterocycles. The van der Waals surface area contributed by atoms with Gasteiger partial charge in [0.1, 0.15) is 0 Å². The van der Waals surface area contributed by atoms with E-state index in [0.29, 0.717) is 25.7 Å². The number of hydrogen-bond donors (Lipinski definition) is 2. The normalized spacial score (nSPS) is 11.2. The number of hydrogen-bond acceptors (Lipinski definition) is 2. The lowest BCUT2D eigenvalue weighted by Crippen LogP contribution is -2.42. The predicted octanol–water partition coefficient (Wildman–Crippen LogP) is 3.39. The maximum atomic E-state index is 11.9. The van der Waals surface area contributed by atoms with Crippen LogP contribution in [-0.2, 0) is 16.0 Å². The van der Waals surface area contributed by atoms with Crippen LogP contribution in [0.25, 0.3) is 0 Å². The van der Waals surface area contributed by atoms with Crippen LogP contribution >= 0.6 is 15.9 Å². The first-order valence-electron chi connectivity index (χ1n) is 7.18. The molecule has 2 N–H and O–H groups in total. The van der Waals surface area contributed by atoms with Gasteiger partial charge in [-0.1, -0.05) is 41.9 Å². The molecule has 0 spiro atoms. The third-order valence-electron chi connectivity index (χ3n) is 3.99. The maximum Gasteiger partial charge on any atom is 0.311 e. The summed E-state index contributed by atoms with van der Waals surface area (Å²) in [6, 6.07) is 7.82. The highest BCUT2D eigenvalue weighted by molar-refractivity contribution is 9.10. The molecule has 0 aliphatic carbocycles. The number of benzene rings is 1. The van der Waals surface area contributed by atoms with Crippen molar-refractivity contribution in [2.45, 2.75) is 39.5 Å². The van der Waals surface area contributed by atoms with E-state index in [4.69, 9.17) is 0 Å². The van der Waals surface area contributed by atoms with Crippen molar-refractivity contribution in [2.24, 2.45) is 5.41 Å². The van der Waals surface area contributed by atoms with Crippen LogP contribution < -0.4 is 5.32 Å². The summed E-state index contributed by atoms with van der Waals surface area (Å²) in [7, 11) is 0. The fraction of sp³-hybridized carbons (Fsp3) is 0.500. The zero-order chi connectivity index (χ0) is 15.9. The van der Waals surface area contributed by atoms with Gasteiger partial charge in [0.05, 0.1) is 5.41 Å². The van der Waals surface area contributed by atoms with Crippen LogP contribution in [0.3, 0.4) is 0 Å². The van der Waals surface area contributed by atoms with Gasteiger partial charge in [-0.25, -0.2) is 0 Å². The highest BCUT2D eigenvalue weighted by Gasteiger charge is 2.34. The number of carbonyl (C=O) groups excluding carboxylic acids is 1. The third-order valence-corrected chi connectivity index (χ3v) is 4.51. The Morgan fingerprint density at radius 3 is 2.24 bits per heavy atom. The minimum atomic E-state index is -0.854. The van der Waals surface area contributed by atoms with Crippen molar-refractivity contribution in [1.82, 2.24) is 5.32 Å². The lowest BCUT2D eigenvalue weighted by Gasteiger charge is -2.26. The van der Waals surface area contributed by atoms with Crippen molar-refractivity contribution in [3.63, 3.8) is 0 Å². The fourth-order valence-corrected chi connectivity index (χ4v) is 2.41. The average Bonchev–Trinajstić information content (AvgIpc) is 2.48. The minimum Gasteiger partial charge on any atom is -0.481 e. The summed E-state index contributed by atoms with van der Waals surface area (Å²) in [5, 5.41) is 12.1. The zero-order valence-corrected chi connectivity index (χ0v) is 14.1. The van der Waals surface area contributed by atoms with Gasteiger partial charge in [-0.05, 0) is 37.0 Å². The Bertz CT molecular complexity index is 481. The van der Waals surface area contributed by atoms with E-state index in [1.165, 1.54) is 0 Å². The maximum absolute atomic E-state index is 11.9. The average molecular weight is 356 g/mol. The van der Waals surface area contributed by atoms with Crippen molar-refractivity contribution < 1.29 is 14.7 Å². The SMILES string of the molecule is CCC(CC)(CNC(=O)CCc1ccc(Br)cc1)C(=O)O. The van der Waals surface area contributed by atoms with Crippen LogP contribution in [0.5, 0.6) is 0 Å². The van der Waals surface area contributed by atoms with Crippen LogP contribution in [0.2, 0.25) is 0 Å². The van der Waals surface area contributed by atoms with Crippen molar-refractivity contribution in [2.75, 3.05) is 6.54 Å². The minimum absolute atomic E-state index is 0.106. The number of carboxylic acid groups (broad SMARTS) is 1. The first-order chi connectivity index (χ1) is 9.93. The number of aryl methyl sites for hydroxylation is 1. The molecule has 1 aromatic rings. The van der Waals surface area contributed by atoms with Crippen LogP contribution in [-0.4, -0.2) is 23.5 Å². The predicted molar refractivity (Wildman–Crippen MR) is 86.1 cm³/mol. The Hall–Kier alpha value is -1.36. The van der Waals surface area contributed by atoms with E-state index < -0.39 is 11.4 Å². The second kappa shape index (κ2) is 8.17. The summed E-state index contributed by atoms with van der Waals surface area (Å²) in [5.41, 5.74) is 0.233. The molecular weight excluding hydrogens is 334 g/mol. The van der Waals surface area contributed by atoms with E-state index in [1.54, 1.807) is 0 Å². The molecule has 0 aliphatic heterocycles. The number of carboxylic acids is 1. The monoisotopic (exact) mass is 355 g/mol. The van der Waals surface area contributed by atoms with E-state index in [9.17, 15) is 14.7 Å². The molecule has 0 aliphatic rings. The van der Waals surface area contributed by atoms with Gasteiger partial charge >= 0.3 is 5.97 Å². The molecule has 0 saturated heterocycles. The Morgan fingerprint density at radius 1 is 1.19 bits per heavy atom. The van der Waals surface area contributed by atoms with Gasteiger partial charge in [-0.2, -0.15) is 0 Å². The number of nitrogens with one attached hydrogen (secondary N) is 1. The summed E-state index contributed by atoms with van der Waals surface area (Å²) in [6.45, 7) is 3.87. The molecule has 1 amide bonds. The Labute approximate surface area is 134 Å². The first-order valence-corrected chi connectivity index (χ1v) is 7.97. The summed E-state index contributed by atoms with van der Waals surface area (Å²) in [5.74, 6) is -0.953. The molecule has 0 atom stereocenters. The topological polar surface area (TPSA) is 66.4 Å². The molecule has 0 fully saturated rings. The van der Waals surface area contributed by atoms with Crippen molar-refractivity contribution >= 4 is 27.8 Å². The number of amides is 1. The van der Waals surface area contributed by atoms with Gasteiger partial charge in [0.15, 0.2) is 0 Å². The van der Waals surface area contributed by atoms with E-state index in [2.05, 4.69) is 21.2 Å². The van der Waals surface area contributed by atoms with Crippen LogP contribution in [0, 0.1) is 5.41 Å². The molecule has 4 nitrogen and oxygen atoms in total. The molecular formula is C16H22BrNO3. The Morgan fingerprint density at radius 2 is 1.76 bits per heavy atom. The molecule has 0 radical (unpaired) electrons. The van der Waals surface area contributed by atoms with Gasteiger partial charge in [-0.15, -0.1) is 0 Å². The van der Waals surface area contributed by atoms with Crippen molar-refractivity contribution in [1.29, 1.82) is 0 Å². The molecule has 0 bridgehead atoms. The molecule has 1 aromatic carbocycles. The van der Waals surface area contributed by atoms with Crippen molar-refractivity contribution in [3.8, 4) is 0 Å². The molecule has 0 saturated carbocycles. The van der Waals surface area contributed by atoms with E-state index >= 15 is 0 Å². The van der Waals surface area contributed by atoms with Gasteiger partial charge in [0, 0.05) is 17.4 Å². The summed E-state index contributed by atoms with van der Waals surface area (Å²) in [6.07, 6.45) is 2.03. The summed E-state index contributed by atoms with van der Waals surface area (Å²) < 4.78 is 1.01. The lowest BCUT2D eigenvalue weighted by molar-refractivity contribution is -0.149. The van der Waals surface area contributed by atoms with Gasteiger partial charge in [-0.3, -0.25) is 9.59 Å². The van der Waals surface area contributed by atoms with Crippen LogP contribution in [0.4, 0.5) is 0 Å². The summed E-state index contributed by atoms with van der Waals surface area (Å²) in [4.78, 5) is 23.2. The third kappa shape index (κ3) is 5.16. The number of halogens is 1. The first kappa shape index (κ1) is 17.7. The Balaban J connectivity index is 2.46. The van der Waals surface area contributed by atoms with Crippen molar-refractivity contribution in [3.05, 3.63) is 34.3 Å². The van der Waals surface area contributed by atoms with E-state index in [1.807, 2.05) is 38.1 Å². The lowest BCUT2D eigenvalue weighted by atomic mass is 9.82. The molecule has 1 rings (SSSR count). The van der Waals surface area contributed by atoms with Gasteiger partial charge in [0.25, 0.3) is 0 Å². The molecule has 0 unspecified atom stereocenters. The smallest absolute Gasteiger partial charge is 0.311 e. The second-order valence-corrected chi connectivity index (χ2v) is 6.11. The molecule has 21 heavy (non-hydrogen) atoms. The molecule has 116 valence electrons. The number of aliphatic carboxylic acids is 1. The van der Waals surface area contributed by atoms with Gasteiger partial charge in [0.2, 0.25) is 5.91 Å². The highest BCUT2D eigenvalue weighted by atomic mass is 79.9. The highest BCUT2D eigenvalue weighted by Crippen LogP contribution is 2.25. The molecule has 5 heteroatoms. The van der Waals surface area contributed by atoms with E-state index in [-0.39, 0.29) is 12.5 Å². The van der Waals surface area contributed by atoms with Gasteiger partial charge < -0.3 is 10.4 Å². The number of carbonyl (C=O) groups is 2. The molecule has 0 aromatic heterocycles. The fourth-order valence-electron chi connectivity index (χ4n) is 2.14. The van der Waals surface area contributed by atoms with Crippen LogP contribution in [0.1, 0.15) is 38.7 Å². The summed E-state index contributed by atoms with van der Waals surface area (Å²) >= 11 is 3.37. The zero-order valence-electron chi connectivity index (χ0n) is 12.5. The standard InChI is InChI=1S/C16H22BrNO3/c1-3-16(4-2,15(20)21)11-18-14(19)10-7-12-5-8-13(17)9-6-12/h5-6,8-9H,3-4,7,10-11H2,1-2H3,(H,18,19)(H,20,21). The quantitative estimate of drug-likeness (QED) is 0.750. The number of rotatable bonds is 8. The largest absolute Gasteiger partial charge is 0.481 e. The second-order valence-electron chi connectivity index (χ2n) is 5.20. The Kier molecular flexibility index (Phi) is 6.89.